The van der Waals surface area contributed by atoms with Gasteiger partial charge in [-0.2, -0.15) is 5.10 Å². The van der Waals surface area contributed by atoms with E-state index >= 15 is 0 Å². The van der Waals surface area contributed by atoms with Crippen LogP contribution in [-0.2, 0) is 9.53 Å². The maximum Gasteiger partial charge on any atom is 0.338 e. The molecule has 168 valence electrons. The molecule has 9 heteroatoms. The normalized spacial score (nSPS) is 10.4. The van der Waals surface area contributed by atoms with E-state index in [1.165, 1.54) is 33.5 Å². The Balaban J connectivity index is 1.70. The number of aromatic nitrogens is 2. The number of hydrogen-bond donors (Lipinski definition) is 1. The van der Waals surface area contributed by atoms with Crippen LogP contribution >= 0.6 is 0 Å². The summed E-state index contributed by atoms with van der Waals surface area (Å²) in [7, 11) is 4.35. The summed E-state index contributed by atoms with van der Waals surface area (Å²) in [6.07, 6.45) is 0. The second-order valence-electron chi connectivity index (χ2n) is 6.96. The molecule has 32 heavy (non-hydrogen) atoms. The molecule has 0 fully saturated rings. The van der Waals surface area contributed by atoms with E-state index in [-0.39, 0.29) is 5.56 Å². The summed E-state index contributed by atoms with van der Waals surface area (Å²) in [6, 6.07) is 12.4. The molecule has 1 N–H and O–H groups in total. The number of amides is 1. The minimum atomic E-state index is -0.706. The zero-order valence-electron chi connectivity index (χ0n) is 18.6. The van der Waals surface area contributed by atoms with Gasteiger partial charge in [0.15, 0.2) is 18.1 Å². The van der Waals surface area contributed by atoms with Crippen molar-refractivity contribution >= 4 is 17.7 Å². The molecule has 0 aliphatic heterocycles. The maximum atomic E-state index is 12.5. The summed E-state index contributed by atoms with van der Waals surface area (Å²) in [5, 5.41) is 7.15. The van der Waals surface area contributed by atoms with Crippen LogP contribution in [0.2, 0.25) is 0 Å². The van der Waals surface area contributed by atoms with E-state index in [0.29, 0.717) is 23.1 Å². The Labute approximate surface area is 185 Å². The Kier molecular flexibility index (Phi) is 6.99. The third kappa shape index (κ3) is 5.00. The van der Waals surface area contributed by atoms with Gasteiger partial charge in [0.1, 0.15) is 5.82 Å². The standard InChI is InChI=1S/C23H25N3O6/c1-14-6-8-17(9-7-14)26-20(10-15(2)25-26)24-21(27)13-32-23(28)16-11-18(29-3)22(31-5)19(12-16)30-4/h6-12H,13H2,1-5H3,(H,24,27). The molecule has 0 saturated heterocycles. The zero-order valence-corrected chi connectivity index (χ0v) is 18.6. The predicted molar refractivity (Wildman–Crippen MR) is 118 cm³/mol. The molecule has 0 spiro atoms. The van der Waals surface area contributed by atoms with Crippen molar-refractivity contribution in [3.63, 3.8) is 0 Å². The Bertz CT molecular complexity index is 1100. The first-order chi connectivity index (χ1) is 15.4. The summed E-state index contributed by atoms with van der Waals surface area (Å²) in [5.74, 6) is 0.229. The Morgan fingerprint density at radius 2 is 1.56 bits per heavy atom. The Morgan fingerprint density at radius 3 is 2.12 bits per heavy atom. The van der Waals surface area contributed by atoms with Crippen molar-refractivity contribution in [1.29, 1.82) is 0 Å². The van der Waals surface area contributed by atoms with Gasteiger partial charge in [-0.25, -0.2) is 9.48 Å². The molecule has 0 unspecified atom stereocenters. The number of carbonyl (C=O) groups excluding carboxylic acids is 2. The molecule has 1 aromatic heterocycles. The van der Waals surface area contributed by atoms with Crippen LogP contribution in [0, 0.1) is 13.8 Å². The van der Waals surface area contributed by atoms with Gasteiger partial charge in [-0.1, -0.05) is 17.7 Å². The van der Waals surface area contributed by atoms with Crippen molar-refractivity contribution in [2.24, 2.45) is 0 Å². The van der Waals surface area contributed by atoms with Crippen LogP contribution in [0.3, 0.4) is 0 Å². The summed E-state index contributed by atoms with van der Waals surface area (Å²) in [6.45, 7) is 3.33. The van der Waals surface area contributed by atoms with Gasteiger partial charge in [0, 0.05) is 6.07 Å². The molecular formula is C23H25N3O6. The Hall–Kier alpha value is -4.01. The van der Waals surface area contributed by atoms with Crippen LogP contribution in [0.15, 0.2) is 42.5 Å². The highest BCUT2D eigenvalue weighted by Crippen LogP contribution is 2.38. The molecule has 0 aliphatic carbocycles. The Morgan fingerprint density at radius 1 is 0.938 bits per heavy atom. The number of rotatable bonds is 8. The number of anilines is 1. The number of aryl methyl sites for hydroxylation is 2. The van der Waals surface area contributed by atoms with Gasteiger partial charge in [0.25, 0.3) is 5.91 Å². The predicted octanol–water partition coefficient (Wildman–Crippen LogP) is 3.31. The first-order valence-corrected chi connectivity index (χ1v) is 9.77. The average molecular weight is 439 g/mol. The average Bonchev–Trinajstić information content (AvgIpc) is 3.16. The van der Waals surface area contributed by atoms with E-state index in [2.05, 4.69) is 10.4 Å². The van der Waals surface area contributed by atoms with Crippen LogP contribution in [0.5, 0.6) is 17.2 Å². The van der Waals surface area contributed by atoms with Crippen molar-refractivity contribution in [2.45, 2.75) is 13.8 Å². The fraction of sp³-hybridized carbons (Fsp3) is 0.261. The van der Waals surface area contributed by atoms with Crippen molar-refractivity contribution in [2.75, 3.05) is 33.3 Å². The van der Waals surface area contributed by atoms with E-state index in [9.17, 15) is 9.59 Å². The van der Waals surface area contributed by atoms with Crippen molar-refractivity contribution in [3.05, 3.63) is 59.3 Å². The van der Waals surface area contributed by atoms with Gasteiger partial charge in [0.2, 0.25) is 5.75 Å². The largest absolute Gasteiger partial charge is 0.493 e. The lowest BCUT2D eigenvalue weighted by Gasteiger charge is -2.14. The summed E-state index contributed by atoms with van der Waals surface area (Å²) >= 11 is 0. The number of hydrogen-bond acceptors (Lipinski definition) is 7. The molecule has 2 aromatic carbocycles. The van der Waals surface area contributed by atoms with Gasteiger partial charge >= 0.3 is 5.97 Å². The fourth-order valence-corrected chi connectivity index (χ4v) is 3.06. The molecule has 1 heterocycles. The third-order valence-electron chi connectivity index (χ3n) is 4.61. The smallest absolute Gasteiger partial charge is 0.338 e. The lowest BCUT2D eigenvalue weighted by atomic mass is 10.2. The SMILES string of the molecule is COc1cc(C(=O)OCC(=O)Nc2cc(C)nn2-c2ccc(C)cc2)cc(OC)c1OC. The number of ether oxygens (including phenoxy) is 4. The second-order valence-corrected chi connectivity index (χ2v) is 6.96. The monoisotopic (exact) mass is 439 g/mol. The van der Waals surface area contributed by atoms with Crippen molar-refractivity contribution < 1.29 is 28.5 Å². The van der Waals surface area contributed by atoms with E-state index in [1.54, 1.807) is 10.7 Å². The molecule has 0 atom stereocenters. The van der Waals surface area contributed by atoms with Crippen LogP contribution in [-0.4, -0.2) is 49.6 Å². The molecular weight excluding hydrogens is 414 g/mol. The van der Waals surface area contributed by atoms with E-state index in [4.69, 9.17) is 18.9 Å². The topological polar surface area (TPSA) is 101 Å². The number of methoxy groups -OCH3 is 3. The minimum absolute atomic E-state index is 0.160. The van der Waals surface area contributed by atoms with E-state index in [1.807, 2.05) is 38.1 Å². The molecule has 0 bridgehead atoms. The highest BCUT2D eigenvalue weighted by atomic mass is 16.5. The van der Waals surface area contributed by atoms with Gasteiger partial charge in [0.05, 0.1) is 38.3 Å². The number of nitrogens with one attached hydrogen (secondary N) is 1. The first-order valence-electron chi connectivity index (χ1n) is 9.77. The van der Waals surface area contributed by atoms with Crippen LogP contribution in [0.25, 0.3) is 5.69 Å². The quantitative estimate of drug-likeness (QED) is 0.538. The van der Waals surface area contributed by atoms with E-state index in [0.717, 1.165) is 16.9 Å². The molecule has 0 saturated carbocycles. The molecule has 9 nitrogen and oxygen atoms in total. The molecule has 0 aliphatic rings. The van der Waals surface area contributed by atoms with Crippen LogP contribution < -0.4 is 19.5 Å². The highest BCUT2D eigenvalue weighted by Gasteiger charge is 2.19. The first kappa shape index (κ1) is 22.7. The van der Waals surface area contributed by atoms with Gasteiger partial charge in [-0.15, -0.1) is 0 Å². The number of carbonyl (C=O) groups is 2. The number of esters is 1. The van der Waals surface area contributed by atoms with Crippen molar-refractivity contribution in [3.8, 4) is 22.9 Å². The van der Waals surface area contributed by atoms with Crippen LogP contribution in [0.4, 0.5) is 5.82 Å². The maximum absolute atomic E-state index is 12.5. The summed E-state index contributed by atoms with van der Waals surface area (Å²) < 4.78 is 22.5. The van der Waals surface area contributed by atoms with Gasteiger partial charge < -0.3 is 24.3 Å². The van der Waals surface area contributed by atoms with Crippen LogP contribution in [0.1, 0.15) is 21.6 Å². The lowest BCUT2D eigenvalue weighted by molar-refractivity contribution is -0.119. The van der Waals surface area contributed by atoms with Gasteiger partial charge in [-0.05, 0) is 38.1 Å². The van der Waals surface area contributed by atoms with E-state index < -0.39 is 18.5 Å². The molecule has 0 radical (unpaired) electrons. The molecule has 1 amide bonds. The molecule has 3 aromatic rings. The third-order valence-corrected chi connectivity index (χ3v) is 4.61. The highest BCUT2D eigenvalue weighted by molar-refractivity contribution is 5.96. The minimum Gasteiger partial charge on any atom is -0.493 e. The number of nitrogens with zero attached hydrogens (tertiary/aromatic N) is 2. The number of benzene rings is 2. The lowest BCUT2D eigenvalue weighted by Crippen LogP contribution is -2.22. The summed E-state index contributed by atoms with van der Waals surface area (Å²) in [5.41, 5.74) is 2.80. The second kappa shape index (κ2) is 9.86. The van der Waals surface area contributed by atoms with Gasteiger partial charge in [-0.3, -0.25) is 4.79 Å². The molecule has 3 rings (SSSR count). The van der Waals surface area contributed by atoms with Crippen molar-refractivity contribution in [1.82, 2.24) is 9.78 Å². The fourth-order valence-electron chi connectivity index (χ4n) is 3.06. The zero-order chi connectivity index (χ0) is 23.3. The summed E-state index contributed by atoms with van der Waals surface area (Å²) in [4.78, 5) is 24.9.